The van der Waals surface area contributed by atoms with Crippen LogP contribution in [0.1, 0.15) is 5.56 Å². The van der Waals surface area contributed by atoms with Gasteiger partial charge in [-0.1, -0.05) is 35.3 Å². The fraction of sp³-hybridized carbons (Fsp3) is 0.0588. The van der Waals surface area contributed by atoms with Crippen molar-refractivity contribution in [2.24, 2.45) is 0 Å². The van der Waals surface area contributed by atoms with E-state index in [-0.39, 0.29) is 6.61 Å². The van der Waals surface area contributed by atoms with Crippen LogP contribution < -0.4 is 0 Å². The zero-order valence-corrected chi connectivity index (χ0v) is 13.0. The van der Waals surface area contributed by atoms with Gasteiger partial charge in [-0.3, -0.25) is 0 Å². The SMILES string of the molecule is OCc1cnc(-c2ccc(Cl)cc2)nc1-c1ccc(Cl)cc1. The number of aliphatic hydroxyl groups is 1. The molecule has 0 bridgehead atoms. The molecule has 2 aromatic carbocycles. The Morgan fingerprint density at radius 2 is 1.36 bits per heavy atom. The minimum Gasteiger partial charge on any atom is -0.392 e. The number of halogens is 2. The van der Waals surface area contributed by atoms with E-state index in [0.29, 0.717) is 27.1 Å². The molecular formula is C17H12Cl2N2O. The van der Waals surface area contributed by atoms with Gasteiger partial charge < -0.3 is 5.11 Å². The van der Waals surface area contributed by atoms with Gasteiger partial charge in [-0.05, 0) is 36.4 Å². The molecule has 0 saturated heterocycles. The van der Waals surface area contributed by atoms with Crippen molar-refractivity contribution in [2.75, 3.05) is 0 Å². The van der Waals surface area contributed by atoms with Crippen LogP contribution in [0.5, 0.6) is 0 Å². The van der Waals surface area contributed by atoms with E-state index in [1.165, 1.54) is 0 Å². The third-order valence-corrected chi connectivity index (χ3v) is 3.76. The van der Waals surface area contributed by atoms with Gasteiger partial charge in [0, 0.05) is 32.9 Å². The maximum atomic E-state index is 9.51. The second-order valence-corrected chi connectivity index (χ2v) is 5.61. The molecule has 1 heterocycles. The summed E-state index contributed by atoms with van der Waals surface area (Å²) in [6.45, 7) is -0.126. The minimum absolute atomic E-state index is 0.126. The molecule has 5 heteroatoms. The van der Waals surface area contributed by atoms with Crippen LogP contribution in [0.2, 0.25) is 10.0 Å². The summed E-state index contributed by atoms with van der Waals surface area (Å²) < 4.78 is 0. The van der Waals surface area contributed by atoms with Crippen molar-refractivity contribution in [3.8, 4) is 22.6 Å². The summed E-state index contributed by atoms with van der Waals surface area (Å²) in [5.74, 6) is 0.582. The molecule has 3 rings (SSSR count). The summed E-state index contributed by atoms with van der Waals surface area (Å²) in [5, 5.41) is 10.8. The smallest absolute Gasteiger partial charge is 0.159 e. The molecule has 110 valence electrons. The van der Waals surface area contributed by atoms with Gasteiger partial charge in [-0.2, -0.15) is 0 Å². The third-order valence-electron chi connectivity index (χ3n) is 3.25. The van der Waals surface area contributed by atoms with Crippen molar-refractivity contribution in [1.82, 2.24) is 9.97 Å². The molecular weight excluding hydrogens is 319 g/mol. The lowest BCUT2D eigenvalue weighted by molar-refractivity contribution is 0.281. The number of hydrogen-bond acceptors (Lipinski definition) is 3. The average Bonchev–Trinajstić information content (AvgIpc) is 2.56. The first-order valence-electron chi connectivity index (χ1n) is 6.66. The molecule has 0 fully saturated rings. The predicted octanol–water partition coefficient (Wildman–Crippen LogP) is 4.61. The summed E-state index contributed by atoms with van der Waals surface area (Å²) in [6, 6.07) is 14.6. The van der Waals surface area contributed by atoms with E-state index < -0.39 is 0 Å². The second kappa shape index (κ2) is 6.44. The lowest BCUT2D eigenvalue weighted by Gasteiger charge is -2.09. The molecule has 0 radical (unpaired) electrons. The van der Waals surface area contributed by atoms with E-state index in [0.717, 1.165) is 11.1 Å². The van der Waals surface area contributed by atoms with Gasteiger partial charge in [0.2, 0.25) is 0 Å². The van der Waals surface area contributed by atoms with E-state index in [1.54, 1.807) is 30.5 Å². The van der Waals surface area contributed by atoms with Crippen molar-refractivity contribution in [1.29, 1.82) is 0 Å². The van der Waals surface area contributed by atoms with Gasteiger partial charge in [0.15, 0.2) is 5.82 Å². The van der Waals surface area contributed by atoms with E-state index in [9.17, 15) is 5.11 Å². The normalized spacial score (nSPS) is 10.7. The maximum absolute atomic E-state index is 9.51. The Hall–Kier alpha value is -1.94. The molecule has 3 aromatic rings. The molecule has 1 aromatic heterocycles. The van der Waals surface area contributed by atoms with E-state index >= 15 is 0 Å². The molecule has 3 nitrogen and oxygen atoms in total. The first-order chi connectivity index (χ1) is 10.7. The van der Waals surface area contributed by atoms with Crippen molar-refractivity contribution in [3.05, 3.63) is 70.3 Å². The summed E-state index contributed by atoms with van der Waals surface area (Å²) in [5.41, 5.74) is 3.11. The molecule has 0 aliphatic carbocycles. The van der Waals surface area contributed by atoms with E-state index in [1.807, 2.05) is 24.3 Å². The molecule has 0 aliphatic heterocycles. The third kappa shape index (κ3) is 3.12. The topological polar surface area (TPSA) is 46.0 Å². The zero-order valence-electron chi connectivity index (χ0n) is 11.5. The summed E-state index contributed by atoms with van der Waals surface area (Å²) >= 11 is 11.8. The van der Waals surface area contributed by atoms with Crippen molar-refractivity contribution >= 4 is 23.2 Å². The molecule has 0 unspecified atom stereocenters. The molecule has 0 amide bonds. The highest BCUT2D eigenvalue weighted by Crippen LogP contribution is 2.26. The van der Waals surface area contributed by atoms with Crippen LogP contribution in [-0.4, -0.2) is 15.1 Å². The Labute approximate surface area is 138 Å². The number of hydrogen-bond donors (Lipinski definition) is 1. The fourth-order valence-corrected chi connectivity index (χ4v) is 2.37. The predicted molar refractivity (Wildman–Crippen MR) is 88.8 cm³/mol. The van der Waals surface area contributed by atoms with Crippen molar-refractivity contribution in [2.45, 2.75) is 6.61 Å². The summed E-state index contributed by atoms with van der Waals surface area (Å²) in [7, 11) is 0. The van der Waals surface area contributed by atoms with Gasteiger partial charge in [0.25, 0.3) is 0 Å². The molecule has 0 saturated carbocycles. The van der Waals surface area contributed by atoms with Crippen molar-refractivity contribution < 1.29 is 5.11 Å². The minimum atomic E-state index is -0.126. The van der Waals surface area contributed by atoms with Crippen LogP contribution in [0.4, 0.5) is 0 Å². The molecule has 0 atom stereocenters. The highest BCUT2D eigenvalue weighted by molar-refractivity contribution is 6.30. The highest BCUT2D eigenvalue weighted by Gasteiger charge is 2.10. The molecule has 22 heavy (non-hydrogen) atoms. The lowest BCUT2D eigenvalue weighted by Crippen LogP contribution is -1.98. The first kappa shape index (κ1) is 15.0. The van der Waals surface area contributed by atoms with Crippen LogP contribution in [-0.2, 0) is 6.61 Å². The molecule has 0 spiro atoms. The zero-order chi connectivity index (χ0) is 15.5. The van der Waals surface area contributed by atoms with Gasteiger partial charge in [0.1, 0.15) is 0 Å². The number of rotatable bonds is 3. The number of nitrogens with zero attached hydrogens (tertiary/aromatic N) is 2. The van der Waals surface area contributed by atoms with Crippen LogP contribution in [0, 0.1) is 0 Å². The van der Waals surface area contributed by atoms with Crippen LogP contribution in [0.15, 0.2) is 54.7 Å². The fourth-order valence-electron chi connectivity index (χ4n) is 2.12. The Balaban J connectivity index is 2.10. The highest BCUT2D eigenvalue weighted by atomic mass is 35.5. The van der Waals surface area contributed by atoms with Crippen molar-refractivity contribution in [3.63, 3.8) is 0 Å². The molecule has 0 aliphatic rings. The Morgan fingerprint density at radius 1 is 0.818 bits per heavy atom. The average molecular weight is 331 g/mol. The largest absolute Gasteiger partial charge is 0.392 e. The second-order valence-electron chi connectivity index (χ2n) is 4.74. The summed E-state index contributed by atoms with van der Waals surface area (Å²) in [4.78, 5) is 8.90. The van der Waals surface area contributed by atoms with Crippen LogP contribution in [0.3, 0.4) is 0 Å². The van der Waals surface area contributed by atoms with Gasteiger partial charge in [-0.25, -0.2) is 9.97 Å². The number of aliphatic hydroxyl groups excluding tert-OH is 1. The van der Waals surface area contributed by atoms with Gasteiger partial charge in [-0.15, -0.1) is 0 Å². The van der Waals surface area contributed by atoms with E-state index in [4.69, 9.17) is 23.2 Å². The Morgan fingerprint density at radius 3 is 1.91 bits per heavy atom. The maximum Gasteiger partial charge on any atom is 0.159 e. The Bertz CT molecular complexity index is 787. The Kier molecular flexibility index (Phi) is 4.39. The van der Waals surface area contributed by atoms with Crippen LogP contribution >= 0.6 is 23.2 Å². The van der Waals surface area contributed by atoms with Gasteiger partial charge in [0.05, 0.1) is 12.3 Å². The van der Waals surface area contributed by atoms with Crippen LogP contribution in [0.25, 0.3) is 22.6 Å². The number of aromatic nitrogens is 2. The number of benzene rings is 2. The lowest BCUT2D eigenvalue weighted by atomic mass is 10.1. The standard InChI is InChI=1S/C17H12Cl2N2O/c18-14-5-1-11(2-6-14)16-13(10-22)9-20-17(21-16)12-3-7-15(19)8-4-12/h1-9,22H,10H2. The molecule has 1 N–H and O–H groups in total. The van der Waals surface area contributed by atoms with Gasteiger partial charge >= 0.3 is 0 Å². The quantitative estimate of drug-likeness (QED) is 0.762. The summed E-state index contributed by atoms with van der Waals surface area (Å²) in [6.07, 6.45) is 1.64. The van der Waals surface area contributed by atoms with E-state index in [2.05, 4.69) is 9.97 Å². The first-order valence-corrected chi connectivity index (χ1v) is 7.41. The monoisotopic (exact) mass is 330 g/mol.